The quantitative estimate of drug-likeness (QED) is 0.398. The number of rotatable bonds is 2. The van der Waals surface area contributed by atoms with Crippen LogP contribution in [0.5, 0.6) is 0 Å². The molecule has 0 fully saturated rings. The summed E-state index contributed by atoms with van der Waals surface area (Å²) >= 11 is 0. The minimum Gasteiger partial charge on any atom is -0.303 e. The average Bonchev–Trinajstić information content (AvgIpc) is 2.33. The number of hydrogen-bond donors (Lipinski definition) is 0. The van der Waals surface area contributed by atoms with Gasteiger partial charge >= 0.3 is 0 Å². The highest BCUT2D eigenvalue weighted by molar-refractivity contribution is 5.68. The first-order chi connectivity index (χ1) is 4.38. The summed E-state index contributed by atoms with van der Waals surface area (Å²) in [4.78, 5) is 20.3. The van der Waals surface area contributed by atoms with Gasteiger partial charge < -0.3 is 9.59 Å². The monoisotopic (exact) mass is 124 g/mol. The molecule has 48 valence electrons. The van der Waals surface area contributed by atoms with Gasteiger partial charge in [-0.05, 0) is 6.42 Å². The molecule has 0 amide bonds. The zero-order chi connectivity index (χ0) is 6.69. The Labute approximate surface area is 53.6 Å². The van der Waals surface area contributed by atoms with Crippen LogP contribution in [0.25, 0.3) is 0 Å². The number of aldehydes is 2. The molecule has 2 atom stereocenters. The Morgan fingerprint density at radius 2 is 2.11 bits per heavy atom. The highest BCUT2D eigenvalue weighted by Crippen LogP contribution is 2.20. The number of hydrogen-bond acceptors (Lipinski definition) is 2. The van der Waals surface area contributed by atoms with E-state index in [4.69, 9.17) is 0 Å². The molecule has 0 aromatic carbocycles. The Bertz CT molecular complexity index is 149. The summed E-state index contributed by atoms with van der Waals surface area (Å²) in [6.45, 7) is 0. The minimum atomic E-state index is -0.150. The molecule has 1 rings (SSSR count). The van der Waals surface area contributed by atoms with Crippen LogP contribution in [0.15, 0.2) is 12.2 Å². The van der Waals surface area contributed by atoms with E-state index in [9.17, 15) is 9.59 Å². The minimum absolute atomic E-state index is 0.0810. The summed E-state index contributed by atoms with van der Waals surface area (Å²) in [7, 11) is 0. The van der Waals surface area contributed by atoms with Crippen LogP contribution in [0.2, 0.25) is 0 Å². The lowest BCUT2D eigenvalue weighted by Crippen LogP contribution is -2.09. The van der Waals surface area contributed by atoms with Crippen molar-refractivity contribution in [3.8, 4) is 0 Å². The zero-order valence-electron chi connectivity index (χ0n) is 4.99. The molecule has 0 aromatic heterocycles. The molecule has 9 heavy (non-hydrogen) atoms. The smallest absolute Gasteiger partial charge is 0.127 e. The first kappa shape index (κ1) is 6.20. The number of allylic oxidation sites excluding steroid dienone is 2. The highest BCUT2D eigenvalue weighted by Gasteiger charge is 2.20. The van der Waals surface area contributed by atoms with Gasteiger partial charge in [0.15, 0.2) is 0 Å². The fraction of sp³-hybridized carbons (Fsp3) is 0.429. The molecule has 0 aliphatic heterocycles. The van der Waals surface area contributed by atoms with Gasteiger partial charge in [-0.3, -0.25) is 0 Å². The van der Waals surface area contributed by atoms with E-state index in [2.05, 4.69) is 0 Å². The molecule has 1 aliphatic rings. The van der Waals surface area contributed by atoms with Crippen molar-refractivity contribution in [2.75, 3.05) is 0 Å². The maximum Gasteiger partial charge on any atom is 0.127 e. The summed E-state index contributed by atoms with van der Waals surface area (Å²) < 4.78 is 0. The molecule has 0 N–H and O–H groups in total. The van der Waals surface area contributed by atoms with E-state index < -0.39 is 0 Å². The Morgan fingerprint density at radius 3 is 2.56 bits per heavy atom. The first-order valence-electron chi connectivity index (χ1n) is 2.95. The zero-order valence-corrected chi connectivity index (χ0v) is 4.99. The third-order valence-electron chi connectivity index (χ3n) is 1.59. The molecule has 2 nitrogen and oxygen atoms in total. The Hall–Kier alpha value is -0.920. The van der Waals surface area contributed by atoms with Crippen molar-refractivity contribution in [2.24, 2.45) is 11.8 Å². The molecule has 2 unspecified atom stereocenters. The van der Waals surface area contributed by atoms with E-state index in [1.807, 2.05) is 6.08 Å². The molecule has 0 heterocycles. The Kier molecular flexibility index (Phi) is 1.78. The molecule has 0 radical (unpaired) electrons. The van der Waals surface area contributed by atoms with Gasteiger partial charge in [-0.15, -0.1) is 0 Å². The molecule has 0 saturated heterocycles. The fourth-order valence-electron chi connectivity index (χ4n) is 0.985. The van der Waals surface area contributed by atoms with E-state index in [1.165, 1.54) is 0 Å². The topological polar surface area (TPSA) is 34.1 Å². The lowest BCUT2D eigenvalue weighted by Gasteiger charge is -2.02. The molecular weight excluding hydrogens is 116 g/mol. The summed E-state index contributed by atoms with van der Waals surface area (Å²) in [5.74, 6) is -0.231. The standard InChI is InChI=1S/C7H8O2/c8-4-6-2-1-3-7(6)5-9/h1-2,4-7H,3H2. The summed E-state index contributed by atoms with van der Waals surface area (Å²) in [5, 5.41) is 0. The lowest BCUT2D eigenvalue weighted by atomic mass is 9.99. The van der Waals surface area contributed by atoms with Gasteiger partial charge in [0.25, 0.3) is 0 Å². The van der Waals surface area contributed by atoms with Crippen LogP contribution in [0, 0.1) is 11.8 Å². The first-order valence-corrected chi connectivity index (χ1v) is 2.95. The van der Waals surface area contributed by atoms with Crippen LogP contribution in [0.1, 0.15) is 6.42 Å². The summed E-state index contributed by atoms with van der Waals surface area (Å²) in [6, 6.07) is 0. The van der Waals surface area contributed by atoms with Crippen LogP contribution in [0.4, 0.5) is 0 Å². The van der Waals surface area contributed by atoms with Crippen molar-refractivity contribution in [3.63, 3.8) is 0 Å². The van der Waals surface area contributed by atoms with Gasteiger partial charge in [0.2, 0.25) is 0 Å². The highest BCUT2D eigenvalue weighted by atomic mass is 16.1. The Balaban J connectivity index is 2.58. The predicted molar refractivity (Wildman–Crippen MR) is 32.9 cm³/mol. The predicted octanol–water partition coefficient (Wildman–Crippen LogP) is 0.577. The Morgan fingerprint density at radius 1 is 1.33 bits per heavy atom. The SMILES string of the molecule is O=CC1C=CCC1C=O. The second-order valence-corrected chi connectivity index (χ2v) is 2.18. The second-order valence-electron chi connectivity index (χ2n) is 2.18. The van der Waals surface area contributed by atoms with E-state index in [1.54, 1.807) is 6.08 Å². The van der Waals surface area contributed by atoms with E-state index in [-0.39, 0.29) is 11.8 Å². The van der Waals surface area contributed by atoms with Crippen LogP contribution in [0.3, 0.4) is 0 Å². The van der Waals surface area contributed by atoms with Crippen molar-refractivity contribution < 1.29 is 9.59 Å². The van der Waals surface area contributed by atoms with Crippen molar-refractivity contribution in [1.29, 1.82) is 0 Å². The van der Waals surface area contributed by atoms with Crippen LogP contribution in [-0.2, 0) is 9.59 Å². The third kappa shape index (κ3) is 1.07. The van der Waals surface area contributed by atoms with Crippen molar-refractivity contribution in [1.82, 2.24) is 0 Å². The fourth-order valence-corrected chi connectivity index (χ4v) is 0.985. The van der Waals surface area contributed by atoms with Crippen molar-refractivity contribution >= 4 is 12.6 Å². The molecular formula is C7H8O2. The van der Waals surface area contributed by atoms with Gasteiger partial charge in [-0.25, -0.2) is 0 Å². The molecule has 1 aliphatic carbocycles. The van der Waals surface area contributed by atoms with Gasteiger partial charge in [0.1, 0.15) is 12.6 Å². The molecule has 0 bridgehead atoms. The molecule has 2 heteroatoms. The van der Waals surface area contributed by atoms with E-state index in [0.717, 1.165) is 19.0 Å². The second kappa shape index (κ2) is 2.58. The lowest BCUT2D eigenvalue weighted by molar-refractivity contribution is -0.117. The maximum absolute atomic E-state index is 10.2. The molecule has 0 spiro atoms. The number of carbonyl (C=O) groups excluding carboxylic acids is 2. The molecule has 0 saturated carbocycles. The maximum atomic E-state index is 10.2. The average molecular weight is 124 g/mol. The van der Waals surface area contributed by atoms with E-state index >= 15 is 0 Å². The molecule has 0 aromatic rings. The largest absolute Gasteiger partial charge is 0.303 e. The van der Waals surface area contributed by atoms with Crippen LogP contribution < -0.4 is 0 Å². The van der Waals surface area contributed by atoms with Crippen molar-refractivity contribution in [2.45, 2.75) is 6.42 Å². The normalized spacial score (nSPS) is 32.4. The third-order valence-corrected chi connectivity index (χ3v) is 1.59. The van der Waals surface area contributed by atoms with Crippen LogP contribution in [-0.4, -0.2) is 12.6 Å². The van der Waals surface area contributed by atoms with Crippen molar-refractivity contribution in [3.05, 3.63) is 12.2 Å². The summed E-state index contributed by atoms with van der Waals surface area (Å²) in [5.41, 5.74) is 0. The van der Waals surface area contributed by atoms with Crippen LogP contribution >= 0.6 is 0 Å². The van der Waals surface area contributed by atoms with Gasteiger partial charge in [0, 0.05) is 11.8 Å². The number of carbonyl (C=O) groups is 2. The van der Waals surface area contributed by atoms with Gasteiger partial charge in [-0.2, -0.15) is 0 Å². The van der Waals surface area contributed by atoms with Gasteiger partial charge in [0.05, 0.1) is 0 Å². The van der Waals surface area contributed by atoms with Gasteiger partial charge in [-0.1, -0.05) is 12.2 Å². The summed E-state index contributed by atoms with van der Waals surface area (Å²) in [6.07, 6.45) is 6.05. The van der Waals surface area contributed by atoms with E-state index in [0.29, 0.717) is 0 Å².